The van der Waals surface area contributed by atoms with Crippen molar-refractivity contribution < 1.29 is 31.9 Å². The third-order valence-corrected chi connectivity index (χ3v) is 5.84. The number of anilines is 2. The Morgan fingerprint density at radius 3 is 2.49 bits per heavy atom. The van der Waals surface area contributed by atoms with Crippen molar-refractivity contribution in [2.75, 3.05) is 36.4 Å². The molecule has 11 heteroatoms. The molecule has 3 heterocycles. The molecule has 1 saturated heterocycles. The fourth-order valence-electron chi connectivity index (χ4n) is 4.06. The summed E-state index contributed by atoms with van der Waals surface area (Å²) >= 11 is 0. The number of alkyl halides is 3. The lowest BCUT2D eigenvalue weighted by Crippen LogP contribution is -2.49. The summed E-state index contributed by atoms with van der Waals surface area (Å²) in [7, 11) is 0. The Bertz CT molecular complexity index is 1320. The summed E-state index contributed by atoms with van der Waals surface area (Å²) in [5.41, 5.74) is -0.876. The molecule has 0 radical (unpaired) electrons. The minimum Gasteiger partial charge on any atom is -0.436 e. The van der Waals surface area contributed by atoms with Crippen molar-refractivity contribution in [3.63, 3.8) is 0 Å². The SMILES string of the molecule is O=C1Nc2ccc(F)cc2Oc2nc(N3CCN(C(=O)c4ccccc4C(F)(F)F)CC3)ccc21. The summed E-state index contributed by atoms with van der Waals surface area (Å²) in [4.78, 5) is 33.0. The number of nitrogens with one attached hydrogen (secondary N) is 1. The summed E-state index contributed by atoms with van der Waals surface area (Å²) in [5.74, 6) is -1.11. The molecule has 0 bridgehead atoms. The second-order valence-electron chi connectivity index (χ2n) is 8.04. The smallest absolute Gasteiger partial charge is 0.417 e. The van der Waals surface area contributed by atoms with Crippen LogP contribution < -0.4 is 15.0 Å². The number of benzene rings is 2. The molecule has 0 unspecified atom stereocenters. The van der Waals surface area contributed by atoms with Crippen LogP contribution in [0.4, 0.5) is 29.1 Å². The number of rotatable bonds is 2. The van der Waals surface area contributed by atoms with Gasteiger partial charge in [0, 0.05) is 32.2 Å². The van der Waals surface area contributed by atoms with Gasteiger partial charge in [-0.15, -0.1) is 0 Å². The molecule has 5 rings (SSSR count). The molecule has 0 saturated carbocycles. The third-order valence-electron chi connectivity index (χ3n) is 5.84. The van der Waals surface area contributed by atoms with Crippen molar-refractivity contribution in [3.8, 4) is 11.6 Å². The van der Waals surface area contributed by atoms with Crippen LogP contribution in [0.1, 0.15) is 26.3 Å². The maximum absolute atomic E-state index is 13.7. The average molecular weight is 486 g/mol. The van der Waals surface area contributed by atoms with Gasteiger partial charge in [-0.05, 0) is 36.4 Å². The van der Waals surface area contributed by atoms with Crippen LogP contribution in [0.25, 0.3) is 0 Å². The minimum absolute atomic E-state index is 0.00182. The number of hydrogen-bond donors (Lipinski definition) is 1. The van der Waals surface area contributed by atoms with Gasteiger partial charge in [-0.2, -0.15) is 18.2 Å². The van der Waals surface area contributed by atoms with Gasteiger partial charge >= 0.3 is 6.18 Å². The highest BCUT2D eigenvalue weighted by Gasteiger charge is 2.36. The van der Waals surface area contributed by atoms with E-state index in [2.05, 4.69) is 10.3 Å². The van der Waals surface area contributed by atoms with Crippen molar-refractivity contribution in [2.45, 2.75) is 6.18 Å². The zero-order chi connectivity index (χ0) is 24.7. The third kappa shape index (κ3) is 4.36. The lowest BCUT2D eigenvalue weighted by atomic mass is 10.1. The van der Waals surface area contributed by atoms with Gasteiger partial charge in [0.25, 0.3) is 11.8 Å². The fraction of sp³-hybridized carbons (Fsp3) is 0.208. The first-order chi connectivity index (χ1) is 16.7. The van der Waals surface area contributed by atoms with E-state index < -0.39 is 29.4 Å². The molecule has 7 nitrogen and oxygen atoms in total. The molecule has 0 aliphatic carbocycles. The number of carbonyl (C=O) groups excluding carboxylic acids is 2. The maximum atomic E-state index is 13.7. The number of piperazine rings is 1. The molecule has 2 aromatic carbocycles. The summed E-state index contributed by atoms with van der Waals surface area (Å²) in [6, 6.07) is 11.6. The number of aromatic nitrogens is 1. The van der Waals surface area contributed by atoms with Crippen molar-refractivity contribution in [1.29, 1.82) is 0 Å². The molecule has 0 spiro atoms. The Balaban J connectivity index is 1.33. The predicted molar refractivity (Wildman–Crippen MR) is 118 cm³/mol. The number of hydrogen-bond acceptors (Lipinski definition) is 5. The highest BCUT2D eigenvalue weighted by molar-refractivity contribution is 6.07. The Morgan fingerprint density at radius 2 is 1.74 bits per heavy atom. The standard InChI is InChI=1S/C24H18F4N4O3/c25-14-5-7-18-19(13-14)35-22-16(21(33)29-18)6-8-20(30-22)31-9-11-32(12-10-31)23(34)15-3-1-2-4-17(15)24(26,27)28/h1-8,13H,9-12H2,(H,29,33). The van der Waals surface area contributed by atoms with Crippen LogP contribution in [0.5, 0.6) is 11.6 Å². The van der Waals surface area contributed by atoms with Crippen LogP contribution in [-0.4, -0.2) is 47.9 Å². The van der Waals surface area contributed by atoms with E-state index in [0.717, 1.165) is 12.1 Å². The van der Waals surface area contributed by atoms with Crippen molar-refractivity contribution in [2.24, 2.45) is 0 Å². The fourth-order valence-corrected chi connectivity index (χ4v) is 4.06. The number of pyridine rings is 1. The van der Waals surface area contributed by atoms with Gasteiger partial charge in [-0.1, -0.05) is 12.1 Å². The van der Waals surface area contributed by atoms with Crippen LogP contribution >= 0.6 is 0 Å². The summed E-state index contributed by atoms with van der Waals surface area (Å²) in [5, 5.41) is 2.65. The number of carbonyl (C=O) groups is 2. The number of amides is 2. The minimum atomic E-state index is -4.63. The van der Waals surface area contributed by atoms with Gasteiger partial charge in [-0.25, -0.2) is 4.39 Å². The van der Waals surface area contributed by atoms with Crippen LogP contribution in [0.15, 0.2) is 54.6 Å². The van der Waals surface area contributed by atoms with Crippen molar-refractivity contribution in [1.82, 2.24) is 9.88 Å². The van der Waals surface area contributed by atoms with E-state index in [9.17, 15) is 27.2 Å². The molecule has 2 aliphatic heterocycles. The summed E-state index contributed by atoms with van der Waals surface area (Å²) < 4.78 is 59.3. The number of ether oxygens (including phenoxy) is 1. The van der Waals surface area contributed by atoms with Gasteiger partial charge < -0.3 is 19.9 Å². The second kappa shape index (κ2) is 8.57. The van der Waals surface area contributed by atoms with Crippen molar-refractivity contribution in [3.05, 3.63) is 77.1 Å². The number of nitrogens with zero attached hydrogens (tertiary/aromatic N) is 3. The molecule has 3 aromatic rings. The molecular formula is C24H18F4N4O3. The van der Waals surface area contributed by atoms with E-state index in [1.54, 1.807) is 6.07 Å². The first-order valence-corrected chi connectivity index (χ1v) is 10.7. The Labute approximate surface area is 196 Å². The van der Waals surface area contributed by atoms with E-state index in [-0.39, 0.29) is 35.8 Å². The highest BCUT2D eigenvalue weighted by atomic mass is 19.4. The predicted octanol–water partition coefficient (Wildman–Crippen LogP) is 4.56. The molecule has 2 amide bonds. The molecule has 1 fully saturated rings. The Kier molecular flexibility index (Phi) is 5.54. The number of fused-ring (bicyclic) bond motifs is 2. The van der Waals surface area contributed by atoms with Gasteiger partial charge in [0.1, 0.15) is 17.2 Å². The van der Waals surface area contributed by atoms with Gasteiger partial charge in [0.05, 0.1) is 16.8 Å². The highest BCUT2D eigenvalue weighted by Crippen LogP contribution is 2.36. The molecular weight excluding hydrogens is 468 g/mol. The van der Waals surface area contributed by atoms with Crippen LogP contribution in [0.3, 0.4) is 0 Å². The topological polar surface area (TPSA) is 74.8 Å². The van der Waals surface area contributed by atoms with Gasteiger partial charge in [0.15, 0.2) is 5.75 Å². The van der Waals surface area contributed by atoms with E-state index in [4.69, 9.17) is 4.74 Å². The quantitative estimate of drug-likeness (QED) is 0.538. The molecule has 0 atom stereocenters. The lowest BCUT2D eigenvalue weighted by molar-refractivity contribution is -0.138. The van der Waals surface area contributed by atoms with Crippen LogP contribution in [0, 0.1) is 5.82 Å². The molecule has 1 aromatic heterocycles. The normalized spacial score (nSPS) is 15.5. The largest absolute Gasteiger partial charge is 0.436 e. The van der Waals surface area contributed by atoms with Gasteiger partial charge in [-0.3, -0.25) is 9.59 Å². The Morgan fingerprint density at radius 1 is 1.00 bits per heavy atom. The molecule has 180 valence electrons. The monoisotopic (exact) mass is 486 g/mol. The zero-order valence-electron chi connectivity index (χ0n) is 18.1. The molecule has 2 aliphatic rings. The molecule has 35 heavy (non-hydrogen) atoms. The zero-order valence-corrected chi connectivity index (χ0v) is 18.1. The first kappa shape index (κ1) is 22.6. The van der Waals surface area contributed by atoms with E-state index in [1.165, 1.54) is 41.3 Å². The van der Waals surface area contributed by atoms with Crippen LogP contribution in [-0.2, 0) is 6.18 Å². The maximum Gasteiger partial charge on any atom is 0.417 e. The van der Waals surface area contributed by atoms with E-state index >= 15 is 0 Å². The Hall–Kier alpha value is -4.15. The first-order valence-electron chi connectivity index (χ1n) is 10.7. The number of halogens is 4. The van der Waals surface area contributed by atoms with Crippen molar-refractivity contribution >= 4 is 23.3 Å². The van der Waals surface area contributed by atoms with E-state index in [0.29, 0.717) is 24.6 Å². The molecule has 1 N–H and O–H groups in total. The lowest BCUT2D eigenvalue weighted by Gasteiger charge is -2.36. The van der Waals surface area contributed by atoms with Crippen LogP contribution in [0.2, 0.25) is 0 Å². The summed E-state index contributed by atoms with van der Waals surface area (Å²) in [6.45, 7) is 0.977. The van der Waals surface area contributed by atoms with Gasteiger partial charge in [0.2, 0.25) is 5.88 Å². The van der Waals surface area contributed by atoms with E-state index in [1.807, 2.05) is 4.90 Å². The second-order valence-corrected chi connectivity index (χ2v) is 8.04. The average Bonchev–Trinajstić information content (AvgIpc) is 2.98. The summed E-state index contributed by atoms with van der Waals surface area (Å²) in [6.07, 6.45) is -4.63.